The molecule has 0 spiro atoms. The summed E-state index contributed by atoms with van der Waals surface area (Å²) in [6.07, 6.45) is -0.457. The minimum Gasteiger partial charge on any atom is -0.475 e. The molecule has 0 fully saturated rings. The molecule has 4 N–H and O–H groups in total. The monoisotopic (exact) mass is 510 g/mol. The summed E-state index contributed by atoms with van der Waals surface area (Å²) < 4.78 is 46.2. The number of carbonyl (C=O) groups is 1. The predicted octanol–water partition coefficient (Wildman–Crippen LogP) is 4.59. The molecule has 4 heterocycles. The molecule has 10 nitrogen and oxygen atoms in total. The lowest BCUT2D eigenvalue weighted by Crippen LogP contribution is -2.20. The Morgan fingerprint density at radius 1 is 1.14 bits per heavy atom. The van der Waals surface area contributed by atoms with Crippen LogP contribution in [0.5, 0.6) is 0 Å². The number of nitrogens with two attached hydrogens (primary N) is 1. The Morgan fingerprint density at radius 2 is 1.89 bits per heavy atom. The summed E-state index contributed by atoms with van der Waals surface area (Å²) in [5.41, 5.74) is 7.98. The average molecular weight is 510 g/mol. The van der Waals surface area contributed by atoms with E-state index < -0.39 is 17.8 Å². The number of halogens is 3. The summed E-state index contributed by atoms with van der Waals surface area (Å²) >= 11 is 0. The molecular weight excluding hydrogens is 489 g/mol. The van der Waals surface area contributed by atoms with Gasteiger partial charge < -0.3 is 15.8 Å². The minimum atomic E-state index is -4.55. The molecular formula is C24H21F3N8O2. The molecule has 3 aromatic heterocycles. The van der Waals surface area contributed by atoms with Crippen LogP contribution >= 0.6 is 0 Å². The number of fused-ring (bicyclic) bond motifs is 1. The first-order chi connectivity index (χ1) is 17.5. The highest BCUT2D eigenvalue weighted by molar-refractivity contribution is 6.08. The third-order valence-electron chi connectivity index (χ3n) is 5.56. The van der Waals surface area contributed by atoms with Crippen LogP contribution in [-0.4, -0.2) is 43.7 Å². The van der Waals surface area contributed by atoms with Crippen LogP contribution in [0, 0.1) is 0 Å². The molecule has 0 bridgehead atoms. The molecule has 1 aliphatic heterocycles. The van der Waals surface area contributed by atoms with Gasteiger partial charge in [-0.1, -0.05) is 12.1 Å². The van der Waals surface area contributed by atoms with Gasteiger partial charge in [0.25, 0.3) is 0 Å². The summed E-state index contributed by atoms with van der Waals surface area (Å²) in [4.78, 5) is 24.9. The van der Waals surface area contributed by atoms with Gasteiger partial charge in [-0.05, 0) is 43.7 Å². The number of hydrogen-bond donors (Lipinski definition) is 3. The van der Waals surface area contributed by atoms with Crippen molar-refractivity contribution in [2.24, 2.45) is 4.99 Å². The third-order valence-corrected chi connectivity index (χ3v) is 5.56. The van der Waals surface area contributed by atoms with Crippen LogP contribution in [0.3, 0.4) is 0 Å². The summed E-state index contributed by atoms with van der Waals surface area (Å²) in [6, 6.07) is 7.62. The number of carbonyl (C=O) groups excluding carboxylic acids is 1. The first-order valence-electron chi connectivity index (χ1n) is 11.1. The number of urea groups is 1. The van der Waals surface area contributed by atoms with E-state index in [1.54, 1.807) is 35.0 Å². The van der Waals surface area contributed by atoms with E-state index in [0.29, 0.717) is 34.8 Å². The van der Waals surface area contributed by atoms with E-state index in [1.165, 1.54) is 6.33 Å². The van der Waals surface area contributed by atoms with E-state index in [4.69, 9.17) is 10.5 Å². The van der Waals surface area contributed by atoms with Crippen LogP contribution in [0.25, 0.3) is 16.6 Å². The molecule has 0 saturated heterocycles. The first-order valence-corrected chi connectivity index (χ1v) is 11.1. The fourth-order valence-corrected chi connectivity index (χ4v) is 3.89. The van der Waals surface area contributed by atoms with E-state index in [9.17, 15) is 18.0 Å². The highest BCUT2D eigenvalue weighted by Gasteiger charge is 2.32. The first kappa shape index (κ1) is 24.0. The SMILES string of the molecule is CC1(C)COC(c2cn3ncnc(N)c3c2-c2ccc(NC(=O)Nc3cc(C(F)(F)F)ccn3)cc2)=N1. The standard InChI is InChI=1S/C24H21F3N8O2/c1-23(2)11-37-21(34-23)16-10-35-19(20(28)30-12-31-35)18(16)13-3-5-15(6-4-13)32-22(36)33-17-9-14(7-8-29-17)24(25,26)27/h3-10,12H,11H2,1-2H3,(H2,28,30,31)(H2,29,32,33,36). The number of nitrogens with one attached hydrogen (secondary N) is 2. The maximum atomic E-state index is 12.9. The molecule has 4 aromatic rings. The van der Waals surface area contributed by atoms with Gasteiger partial charge in [-0.3, -0.25) is 5.32 Å². The van der Waals surface area contributed by atoms with Gasteiger partial charge in [0.05, 0.1) is 16.7 Å². The quantitative estimate of drug-likeness (QED) is 0.368. The maximum Gasteiger partial charge on any atom is 0.416 e. The van der Waals surface area contributed by atoms with Gasteiger partial charge >= 0.3 is 12.2 Å². The van der Waals surface area contributed by atoms with Gasteiger partial charge in [0.15, 0.2) is 5.82 Å². The number of rotatable bonds is 4. The molecule has 1 aromatic carbocycles. The molecule has 0 unspecified atom stereocenters. The van der Waals surface area contributed by atoms with Gasteiger partial charge in [-0.15, -0.1) is 0 Å². The number of aromatic nitrogens is 4. The fraction of sp³-hybridized carbons (Fsp3) is 0.208. The van der Waals surface area contributed by atoms with Crippen molar-refractivity contribution in [3.63, 3.8) is 0 Å². The van der Waals surface area contributed by atoms with Gasteiger partial charge in [-0.25, -0.2) is 24.3 Å². The van der Waals surface area contributed by atoms with Crippen LogP contribution in [-0.2, 0) is 10.9 Å². The van der Waals surface area contributed by atoms with E-state index in [-0.39, 0.29) is 17.2 Å². The molecule has 0 saturated carbocycles. The van der Waals surface area contributed by atoms with Crippen LogP contribution in [0.15, 0.2) is 60.1 Å². The van der Waals surface area contributed by atoms with Crippen molar-refractivity contribution in [1.82, 2.24) is 19.6 Å². The van der Waals surface area contributed by atoms with E-state index >= 15 is 0 Å². The van der Waals surface area contributed by atoms with Crippen LogP contribution in [0.4, 0.5) is 35.3 Å². The number of nitrogens with zero attached hydrogens (tertiary/aromatic N) is 5. The van der Waals surface area contributed by atoms with Crippen molar-refractivity contribution >= 4 is 34.8 Å². The van der Waals surface area contributed by atoms with Crippen LogP contribution in [0.1, 0.15) is 25.0 Å². The Kier molecular flexibility index (Phi) is 5.69. The zero-order valence-corrected chi connectivity index (χ0v) is 19.7. The predicted molar refractivity (Wildman–Crippen MR) is 131 cm³/mol. The van der Waals surface area contributed by atoms with Gasteiger partial charge in [-0.2, -0.15) is 18.3 Å². The molecule has 0 radical (unpaired) electrons. The fourth-order valence-electron chi connectivity index (χ4n) is 3.89. The zero-order chi connectivity index (χ0) is 26.4. The summed E-state index contributed by atoms with van der Waals surface area (Å²) in [7, 11) is 0. The molecule has 2 amide bonds. The second-order valence-corrected chi connectivity index (χ2v) is 8.96. The third kappa shape index (κ3) is 4.87. The summed E-state index contributed by atoms with van der Waals surface area (Å²) in [6.45, 7) is 4.35. The van der Waals surface area contributed by atoms with Crippen molar-refractivity contribution in [3.8, 4) is 11.1 Å². The molecule has 37 heavy (non-hydrogen) atoms. The van der Waals surface area contributed by atoms with Crippen molar-refractivity contribution in [1.29, 1.82) is 0 Å². The molecule has 5 rings (SSSR count). The highest BCUT2D eigenvalue weighted by Crippen LogP contribution is 2.35. The number of nitrogen functional groups attached to an aromatic ring is 1. The number of benzene rings is 1. The highest BCUT2D eigenvalue weighted by atomic mass is 19.4. The van der Waals surface area contributed by atoms with Crippen molar-refractivity contribution in [3.05, 3.63) is 66.2 Å². The maximum absolute atomic E-state index is 12.9. The lowest BCUT2D eigenvalue weighted by Gasteiger charge is -2.11. The van der Waals surface area contributed by atoms with Gasteiger partial charge in [0, 0.05) is 23.6 Å². The molecule has 0 atom stereocenters. The second kappa shape index (κ2) is 8.76. The number of pyridine rings is 1. The Morgan fingerprint density at radius 3 is 2.57 bits per heavy atom. The number of aliphatic imine (C=N–C) groups is 1. The van der Waals surface area contributed by atoms with Crippen LogP contribution < -0.4 is 16.4 Å². The van der Waals surface area contributed by atoms with Crippen molar-refractivity contribution in [2.75, 3.05) is 23.0 Å². The molecule has 1 aliphatic rings. The Hall–Kier alpha value is -4.68. The van der Waals surface area contributed by atoms with Gasteiger partial charge in [0.1, 0.15) is 24.3 Å². The van der Waals surface area contributed by atoms with Crippen molar-refractivity contribution in [2.45, 2.75) is 25.6 Å². The number of hydrogen-bond acceptors (Lipinski definition) is 7. The molecule has 13 heteroatoms. The van der Waals surface area contributed by atoms with E-state index in [0.717, 1.165) is 23.9 Å². The van der Waals surface area contributed by atoms with E-state index in [2.05, 4.69) is 30.7 Å². The van der Waals surface area contributed by atoms with Crippen molar-refractivity contribution < 1.29 is 22.7 Å². The Bertz CT molecular complexity index is 1530. The largest absolute Gasteiger partial charge is 0.475 e. The molecule has 0 aliphatic carbocycles. The molecule has 190 valence electrons. The Labute approximate surface area is 208 Å². The average Bonchev–Trinajstić information content (AvgIpc) is 3.40. The summed E-state index contributed by atoms with van der Waals surface area (Å²) in [5.74, 6) is 0.494. The topological polar surface area (TPSA) is 132 Å². The normalized spacial score (nSPS) is 14.8. The zero-order valence-electron chi connectivity index (χ0n) is 19.7. The lowest BCUT2D eigenvalue weighted by molar-refractivity contribution is -0.137. The van der Waals surface area contributed by atoms with Crippen LogP contribution in [0.2, 0.25) is 0 Å². The Balaban J connectivity index is 1.41. The lowest BCUT2D eigenvalue weighted by atomic mass is 10.0. The number of alkyl halides is 3. The smallest absolute Gasteiger partial charge is 0.416 e. The number of amides is 2. The minimum absolute atomic E-state index is 0.232. The van der Waals surface area contributed by atoms with Gasteiger partial charge in [0.2, 0.25) is 5.90 Å². The van der Waals surface area contributed by atoms with E-state index in [1.807, 2.05) is 13.8 Å². The summed E-state index contributed by atoms with van der Waals surface area (Å²) in [5, 5.41) is 9.12. The number of anilines is 3. The number of ether oxygens (including phenoxy) is 1. The second-order valence-electron chi connectivity index (χ2n) is 8.96.